The average Bonchev–Trinajstić information content (AvgIpc) is 3.02. The first kappa shape index (κ1) is 14.4. The summed E-state index contributed by atoms with van der Waals surface area (Å²) in [4.78, 5) is 0. The lowest BCUT2D eigenvalue weighted by atomic mass is 10.0. The number of hydrogen-bond acceptors (Lipinski definition) is 2. The van der Waals surface area contributed by atoms with Gasteiger partial charge in [-0.05, 0) is 36.6 Å². The summed E-state index contributed by atoms with van der Waals surface area (Å²) in [6.45, 7) is 5.65. The van der Waals surface area contributed by atoms with Gasteiger partial charge in [0.05, 0.1) is 12.2 Å². The molecule has 2 aromatic carbocycles. The first-order valence-corrected chi connectivity index (χ1v) is 7.95. The Hall–Kier alpha value is -1.58. The Labute approximate surface area is 126 Å². The maximum Gasteiger partial charge on any atom is 0.128 e. The Bertz CT molecular complexity index is 591. The zero-order chi connectivity index (χ0) is 14.5. The molecule has 21 heavy (non-hydrogen) atoms. The second kappa shape index (κ2) is 6.92. The van der Waals surface area contributed by atoms with Crippen LogP contribution in [-0.2, 0) is 11.3 Å². The van der Waals surface area contributed by atoms with E-state index in [1.165, 1.54) is 29.2 Å². The normalized spacial score (nSPS) is 18.2. The summed E-state index contributed by atoms with van der Waals surface area (Å²) in [5.41, 5.74) is 1.30. The van der Waals surface area contributed by atoms with Gasteiger partial charge in [-0.2, -0.15) is 0 Å². The van der Waals surface area contributed by atoms with E-state index in [9.17, 15) is 0 Å². The fourth-order valence-corrected chi connectivity index (χ4v) is 3.06. The number of fused-ring (bicyclic) bond motifs is 1. The molecule has 0 unspecified atom stereocenters. The Morgan fingerprint density at radius 3 is 2.95 bits per heavy atom. The Kier molecular flexibility index (Phi) is 4.73. The molecule has 0 aromatic heterocycles. The molecular formula is C18H24NO2+. The van der Waals surface area contributed by atoms with Gasteiger partial charge in [-0.3, -0.25) is 0 Å². The van der Waals surface area contributed by atoms with Gasteiger partial charge < -0.3 is 14.8 Å². The highest BCUT2D eigenvalue weighted by molar-refractivity contribution is 5.87. The summed E-state index contributed by atoms with van der Waals surface area (Å²) >= 11 is 0. The van der Waals surface area contributed by atoms with Crippen LogP contribution in [0.4, 0.5) is 0 Å². The fraction of sp³-hybridized carbons (Fsp3) is 0.444. The van der Waals surface area contributed by atoms with Crippen molar-refractivity contribution in [2.24, 2.45) is 0 Å². The van der Waals surface area contributed by atoms with Crippen LogP contribution in [0.15, 0.2) is 36.4 Å². The highest BCUT2D eigenvalue weighted by Crippen LogP contribution is 2.27. The van der Waals surface area contributed by atoms with Gasteiger partial charge in [0, 0.05) is 6.61 Å². The highest BCUT2D eigenvalue weighted by atomic mass is 16.5. The molecule has 1 aliphatic heterocycles. The summed E-state index contributed by atoms with van der Waals surface area (Å²) in [7, 11) is 0. The number of hydrogen-bond donors (Lipinski definition) is 1. The quantitative estimate of drug-likeness (QED) is 0.885. The summed E-state index contributed by atoms with van der Waals surface area (Å²) in [6, 6.07) is 12.8. The van der Waals surface area contributed by atoms with Gasteiger partial charge in [0.25, 0.3) is 0 Å². The molecule has 3 nitrogen and oxygen atoms in total. The van der Waals surface area contributed by atoms with Crippen molar-refractivity contribution in [1.82, 2.24) is 0 Å². The molecule has 0 amide bonds. The van der Waals surface area contributed by atoms with E-state index < -0.39 is 0 Å². The topological polar surface area (TPSA) is 35.1 Å². The largest absolute Gasteiger partial charge is 0.493 e. The Morgan fingerprint density at radius 2 is 2.14 bits per heavy atom. The van der Waals surface area contributed by atoms with E-state index in [2.05, 4.69) is 41.7 Å². The molecule has 1 saturated heterocycles. The molecule has 0 spiro atoms. The van der Waals surface area contributed by atoms with Gasteiger partial charge in [-0.1, -0.05) is 30.3 Å². The summed E-state index contributed by atoms with van der Waals surface area (Å²) < 4.78 is 11.5. The van der Waals surface area contributed by atoms with Crippen molar-refractivity contribution in [3.63, 3.8) is 0 Å². The molecule has 0 bridgehead atoms. The highest BCUT2D eigenvalue weighted by Gasteiger charge is 2.18. The van der Waals surface area contributed by atoms with E-state index in [0.717, 1.165) is 25.4 Å². The second-order valence-corrected chi connectivity index (χ2v) is 5.56. The van der Waals surface area contributed by atoms with E-state index >= 15 is 0 Å². The SMILES string of the molecule is CCOc1ccc2ccccc2c1C[NH2+]C[C@@H]1CCCO1. The van der Waals surface area contributed by atoms with Gasteiger partial charge >= 0.3 is 0 Å². The van der Waals surface area contributed by atoms with E-state index in [1.54, 1.807) is 0 Å². The van der Waals surface area contributed by atoms with Crippen molar-refractivity contribution in [2.75, 3.05) is 19.8 Å². The van der Waals surface area contributed by atoms with Crippen molar-refractivity contribution in [3.8, 4) is 5.75 Å². The van der Waals surface area contributed by atoms with Crippen LogP contribution in [0.1, 0.15) is 25.3 Å². The molecule has 0 aliphatic carbocycles. The third-order valence-corrected chi connectivity index (χ3v) is 4.10. The molecule has 2 N–H and O–H groups in total. The first-order chi connectivity index (χ1) is 10.4. The van der Waals surface area contributed by atoms with Crippen molar-refractivity contribution < 1.29 is 14.8 Å². The summed E-state index contributed by atoms with van der Waals surface area (Å²) in [5, 5.41) is 4.92. The lowest BCUT2D eigenvalue weighted by Crippen LogP contribution is -2.84. The van der Waals surface area contributed by atoms with Crippen molar-refractivity contribution in [3.05, 3.63) is 42.0 Å². The number of nitrogens with two attached hydrogens (primary N) is 1. The van der Waals surface area contributed by atoms with E-state index in [-0.39, 0.29) is 0 Å². The molecule has 0 saturated carbocycles. The smallest absolute Gasteiger partial charge is 0.128 e. The van der Waals surface area contributed by atoms with Crippen molar-refractivity contribution >= 4 is 10.8 Å². The van der Waals surface area contributed by atoms with Gasteiger partial charge in [0.2, 0.25) is 0 Å². The lowest BCUT2D eigenvalue weighted by Gasteiger charge is -2.14. The zero-order valence-electron chi connectivity index (χ0n) is 12.7. The monoisotopic (exact) mass is 286 g/mol. The van der Waals surface area contributed by atoms with Crippen LogP contribution in [0.25, 0.3) is 10.8 Å². The van der Waals surface area contributed by atoms with Crippen LogP contribution < -0.4 is 10.1 Å². The van der Waals surface area contributed by atoms with Gasteiger partial charge in [-0.15, -0.1) is 0 Å². The van der Waals surface area contributed by atoms with Crippen LogP contribution in [0.2, 0.25) is 0 Å². The van der Waals surface area contributed by atoms with Crippen LogP contribution in [0, 0.1) is 0 Å². The molecule has 112 valence electrons. The van der Waals surface area contributed by atoms with Gasteiger partial charge in [0.1, 0.15) is 24.9 Å². The van der Waals surface area contributed by atoms with Crippen LogP contribution in [0.3, 0.4) is 0 Å². The molecule has 2 aromatic rings. The maximum absolute atomic E-state index is 5.82. The van der Waals surface area contributed by atoms with E-state index in [0.29, 0.717) is 12.7 Å². The van der Waals surface area contributed by atoms with Crippen LogP contribution in [-0.4, -0.2) is 25.9 Å². The van der Waals surface area contributed by atoms with Gasteiger partial charge in [-0.25, -0.2) is 0 Å². The second-order valence-electron chi connectivity index (χ2n) is 5.56. The van der Waals surface area contributed by atoms with Crippen LogP contribution in [0.5, 0.6) is 5.75 Å². The fourth-order valence-electron chi connectivity index (χ4n) is 3.06. The standard InChI is InChI=1S/C18H23NO2/c1-2-20-18-10-9-14-6-3-4-8-16(14)17(18)13-19-12-15-7-5-11-21-15/h3-4,6,8-10,15,19H,2,5,7,11-13H2,1H3/p+1/t15-/m0/s1. The molecule has 1 aliphatic rings. The minimum Gasteiger partial charge on any atom is -0.493 e. The third kappa shape index (κ3) is 3.36. The van der Waals surface area contributed by atoms with Crippen molar-refractivity contribution in [1.29, 1.82) is 0 Å². The average molecular weight is 286 g/mol. The number of quaternary nitrogens is 1. The van der Waals surface area contributed by atoms with Crippen LogP contribution >= 0.6 is 0 Å². The molecule has 1 atom stereocenters. The first-order valence-electron chi connectivity index (χ1n) is 7.95. The maximum atomic E-state index is 5.82. The van der Waals surface area contributed by atoms with E-state index in [4.69, 9.17) is 9.47 Å². The summed E-state index contributed by atoms with van der Waals surface area (Å²) in [6.07, 6.45) is 2.83. The molecule has 1 fully saturated rings. The number of rotatable bonds is 6. The predicted octanol–water partition coefficient (Wildman–Crippen LogP) is 2.48. The minimum atomic E-state index is 0.426. The summed E-state index contributed by atoms with van der Waals surface area (Å²) in [5.74, 6) is 1.01. The minimum absolute atomic E-state index is 0.426. The third-order valence-electron chi connectivity index (χ3n) is 4.10. The van der Waals surface area contributed by atoms with E-state index in [1.807, 2.05) is 6.92 Å². The number of ether oxygens (including phenoxy) is 2. The number of benzene rings is 2. The lowest BCUT2D eigenvalue weighted by molar-refractivity contribution is -0.676. The Balaban J connectivity index is 1.78. The molecule has 3 rings (SSSR count). The van der Waals surface area contributed by atoms with Crippen molar-refractivity contribution in [2.45, 2.75) is 32.4 Å². The molecule has 0 radical (unpaired) electrons. The zero-order valence-corrected chi connectivity index (χ0v) is 12.7. The van der Waals surface area contributed by atoms with Gasteiger partial charge in [0.15, 0.2) is 0 Å². The molecule has 1 heterocycles. The molecule has 3 heteroatoms. The Morgan fingerprint density at radius 1 is 1.24 bits per heavy atom. The molecular weight excluding hydrogens is 262 g/mol. The predicted molar refractivity (Wildman–Crippen MR) is 84.6 cm³/mol.